The highest BCUT2D eigenvalue weighted by Gasteiger charge is 2.19. The van der Waals surface area contributed by atoms with Crippen molar-refractivity contribution in [3.63, 3.8) is 0 Å². The van der Waals surface area contributed by atoms with Gasteiger partial charge in [-0.1, -0.05) is 12.1 Å². The smallest absolute Gasteiger partial charge is 0.229 e. The number of nitrogens with two attached hydrogens (primary N) is 1. The molecule has 1 atom stereocenters. The molecule has 5 heteroatoms. The maximum Gasteiger partial charge on any atom is 0.229 e. The van der Waals surface area contributed by atoms with Crippen LogP contribution < -0.4 is 5.73 Å². The number of hydrogen-bond acceptors (Lipinski definition) is 3. The predicted molar refractivity (Wildman–Crippen MR) is 74.3 cm³/mol. The Morgan fingerprint density at radius 1 is 1.53 bits per heavy atom. The Morgan fingerprint density at radius 2 is 2.32 bits per heavy atom. The van der Waals surface area contributed by atoms with Gasteiger partial charge in [-0.3, -0.25) is 9.89 Å². The fourth-order valence-corrected chi connectivity index (χ4v) is 2.02. The van der Waals surface area contributed by atoms with Gasteiger partial charge >= 0.3 is 0 Å². The number of rotatable bonds is 4. The normalized spacial score (nSPS) is 12.1. The zero-order valence-electron chi connectivity index (χ0n) is 11.1. The lowest BCUT2D eigenvalue weighted by molar-refractivity contribution is -0.131. The van der Waals surface area contributed by atoms with Crippen molar-refractivity contribution in [1.82, 2.24) is 15.1 Å². The summed E-state index contributed by atoms with van der Waals surface area (Å²) < 4.78 is 0. The van der Waals surface area contributed by atoms with Crippen molar-refractivity contribution in [3.8, 4) is 0 Å². The van der Waals surface area contributed by atoms with Gasteiger partial charge in [0.1, 0.15) is 0 Å². The molecule has 5 nitrogen and oxygen atoms in total. The maximum atomic E-state index is 12.3. The van der Waals surface area contributed by atoms with Crippen molar-refractivity contribution >= 4 is 11.6 Å². The molecule has 2 aromatic rings. The topological polar surface area (TPSA) is 75.0 Å². The minimum absolute atomic E-state index is 0.0619. The van der Waals surface area contributed by atoms with Gasteiger partial charge in [0.25, 0.3) is 0 Å². The molecule has 0 spiro atoms. The lowest BCUT2D eigenvalue weighted by Crippen LogP contribution is -2.30. The van der Waals surface area contributed by atoms with E-state index in [-0.39, 0.29) is 11.8 Å². The Morgan fingerprint density at radius 3 is 2.95 bits per heavy atom. The zero-order valence-corrected chi connectivity index (χ0v) is 11.1. The fraction of sp³-hybridized carbons (Fsp3) is 0.286. The molecule has 1 amide bonds. The average Bonchev–Trinajstić information content (AvgIpc) is 2.89. The maximum absolute atomic E-state index is 12.3. The second kappa shape index (κ2) is 5.56. The van der Waals surface area contributed by atoms with E-state index in [0.29, 0.717) is 12.2 Å². The van der Waals surface area contributed by atoms with Crippen molar-refractivity contribution in [2.75, 3.05) is 12.8 Å². The summed E-state index contributed by atoms with van der Waals surface area (Å²) in [5.41, 5.74) is 8.34. The summed E-state index contributed by atoms with van der Waals surface area (Å²) in [6, 6.07) is 7.44. The fourth-order valence-electron chi connectivity index (χ4n) is 2.02. The third kappa shape index (κ3) is 3.13. The largest absolute Gasteiger partial charge is 0.399 e. The Balaban J connectivity index is 2.06. The number of aromatic amines is 1. The first-order valence-corrected chi connectivity index (χ1v) is 6.16. The van der Waals surface area contributed by atoms with Gasteiger partial charge < -0.3 is 10.6 Å². The number of likely N-dealkylation sites (N-methyl/N-ethyl adjacent to an activating group) is 1. The van der Waals surface area contributed by atoms with Gasteiger partial charge in [-0.15, -0.1) is 0 Å². The van der Waals surface area contributed by atoms with Crippen LogP contribution in [0.25, 0.3) is 0 Å². The second-order valence-electron chi connectivity index (χ2n) is 4.69. The van der Waals surface area contributed by atoms with Crippen molar-refractivity contribution in [2.24, 2.45) is 0 Å². The van der Waals surface area contributed by atoms with Crippen LogP contribution >= 0.6 is 0 Å². The molecular formula is C14H18N4O. The Bertz CT molecular complexity index is 550. The second-order valence-corrected chi connectivity index (χ2v) is 4.69. The van der Waals surface area contributed by atoms with Crippen molar-refractivity contribution < 1.29 is 4.79 Å². The summed E-state index contributed by atoms with van der Waals surface area (Å²) in [4.78, 5) is 14.0. The number of benzene rings is 1. The zero-order chi connectivity index (χ0) is 13.8. The quantitative estimate of drug-likeness (QED) is 0.820. The van der Waals surface area contributed by atoms with E-state index < -0.39 is 0 Å². The van der Waals surface area contributed by atoms with Gasteiger partial charge in [-0.05, 0) is 24.6 Å². The van der Waals surface area contributed by atoms with E-state index in [4.69, 9.17) is 5.73 Å². The Labute approximate surface area is 112 Å². The van der Waals surface area contributed by atoms with E-state index in [0.717, 1.165) is 11.1 Å². The van der Waals surface area contributed by atoms with Crippen LogP contribution in [0.2, 0.25) is 0 Å². The van der Waals surface area contributed by atoms with E-state index in [2.05, 4.69) is 10.2 Å². The number of nitrogens with one attached hydrogen (secondary N) is 1. The molecule has 0 saturated heterocycles. The summed E-state index contributed by atoms with van der Waals surface area (Å²) >= 11 is 0. The van der Waals surface area contributed by atoms with Crippen LogP contribution in [0.4, 0.5) is 5.69 Å². The van der Waals surface area contributed by atoms with Crippen LogP contribution in [0.3, 0.4) is 0 Å². The lowest BCUT2D eigenvalue weighted by Gasteiger charge is -2.21. The number of carbonyl (C=O) groups is 1. The van der Waals surface area contributed by atoms with E-state index >= 15 is 0 Å². The van der Waals surface area contributed by atoms with Gasteiger partial charge in [-0.25, -0.2) is 0 Å². The molecule has 2 rings (SSSR count). The van der Waals surface area contributed by atoms with Crippen molar-refractivity contribution in [1.29, 1.82) is 0 Å². The molecule has 1 unspecified atom stereocenters. The van der Waals surface area contributed by atoms with Crippen molar-refractivity contribution in [3.05, 3.63) is 47.8 Å². The standard InChI is InChI=1S/C14H18N4O/c1-10(12-4-3-5-13(15)6-12)14(19)18(2)9-11-7-16-17-8-11/h3-8,10H,9,15H2,1-2H3,(H,16,17). The molecule has 19 heavy (non-hydrogen) atoms. The summed E-state index contributed by atoms with van der Waals surface area (Å²) in [5, 5.41) is 6.61. The number of anilines is 1. The molecule has 0 aliphatic heterocycles. The van der Waals surface area contributed by atoms with Crippen LogP contribution in [-0.2, 0) is 11.3 Å². The molecule has 0 aliphatic carbocycles. The monoisotopic (exact) mass is 258 g/mol. The molecule has 100 valence electrons. The number of nitrogens with zero attached hydrogens (tertiary/aromatic N) is 2. The van der Waals surface area contributed by atoms with Crippen LogP contribution in [-0.4, -0.2) is 28.1 Å². The summed E-state index contributed by atoms with van der Waals surface area (Å²) in [5.74, 6) is -0.146. The molecular weight excluding hydrogens is 240 g/mol. The van der Waals surface area contributed by atoms with Gasteiger partial charge in [0.15, 0.2) is 0 Å². The average molecular weight is 258 g/mol. The van der Waals surface area contributed by atoms with Crippen LogP contribution in [0.1, 0.15) is 24.0 Å². The van der Waals surface area contributed by atoms with E-state index in [1.54, 1.807) is 24.3 Å². The SMILES string of the molecule is CC(C(=O)N(C)Cc1cn[nH]c1)c1cccc(N)c1. The lowest BCUT2D eigenvalue weighted by atomic mass is 9.99. The van der Waals surface area contributed by atoms with Crippen LogP contribution in [0.5, 0.6) is 0 Å². The summed E-state index contributed by atoms with van der Waals surface area (Å²) in [6.45, 7) is 2.44. The molecule has 1 aromatic carbocycles. The first-order chi connectivity index (χ1) is 9.08. The third-order valence-electron chi connectivity index (χ3n) is 3.13. The number of nitrogen functional groups attached to an aromatic ring is 1. The van der Waals surface area contributed by atoms with E-state index in [1.165, 1.54) is 0 Å². The van der Waals surface area contributed by atoms with Gasteiger partial charge in [0.2, 0.25) is 5.91 Å². The number of H-pyrrole nitrogens is 1. The highest BCUT2D eigenvalue weighted by Crippen LogP contribution is 2.20. The molecule has 1 heterocycles. The molecule has 0 aliphatic rings. The van der Waals surface area contributed by atoms with E-state index in [9.17, 15) is 4.79 Å². The summed E-state index contributed by atoms with van der Waals surface area (Å²) in [7, 11) is 1.79. The Kier molecular flexibility index (Phi) is 3.85. The summed E-state index contributed by atoms with van der Waals surface area (Å²) in [6.07, 6.45) is 3.50. The first-order valence-electron chi connectivity index (χ1n) is 6.16. The first kappa shape index (κ1) is 13.1. The van der Waals surface area contributed by atoms with Gasteiger partial charge in [0.05, 0.1) is 12.1 Å². The van der Waals surface area contributed by atoms with Crippen LogP contribution in [0, 0.1) is 0 Å². The molecule has 1 aromatic heterocycles. The van der Waals surface area contributed by atoms with Crippen LogP contribution in [0.15, 0.2) is 36.7 Å². The van der Waals surface area contributed by atoms with Crippen molar-refractivity contribution in [2.45, 2.75) is 19.4 Å². The van der Waals surface area contributed by atoms with Gasteiger partial charge in [0, 0.05) is 31.0 Å². The molecule has 0 saturated carbocycles. The third-order valence-corrected chi connectivity index (χ3v) is 3.13. The Hall–Kier alpha value is -2.30. The molecule has 0 radical (unpaired) electrons. The predicted octanol–water partition coefficient (Wildman–Crippen LogP) is 1.75. The molecule has 0 fully saturated rings. The number of carbonyl (C=O) groups excluding carboxylic acids is 1. The minimum atomic E-state index is -0.208. The molecule has 3 N–H and O–H groups in total. The number of amides is 1. The number of aromatic nitrogens is 2. The van der Waals surface area contributed by atoms with E-state index in [1.807, 2.05) is 31.2 Å². The minimum Gasteiger partial charge on any atom is -0.399 e. The highest BCUT2D eigenvalue weighted by molar-refractivity contribution is 5.83. The highest BCUT2D eigenvalue weighted by atomic mass is 16.2. The molecule has 0 bridgehead atoms. The van der Waals surface area contributed by atoms with Gasteiger partial charge in [-0.2, -0.15) is 5.10 Å². The number of hydrogen-bond donors (Lipinski definition) is 2.